The van der Waals surface area contributed by atoms with E-state index in [1.807, 2.05) is 13.0 Å². The maximum atomic E-state index is 12.3. The van der Waals surface area contributed by atoms with E-state index in [2.05, 4.69) is 9.71 Å². The van der Waals surface area contributed by atoms with E-state index in [-0.39, 0.29) is 5.03 Å². The van der Waals surface area contributed by atoms with Gasteiger partial charge in [-0.2, -0.15) is 8.42 Å². The Hall–Kier alpha value is -1.53. The fourth-order valence-corrected chi connectivity index (χ4v) is 3.08. The van der Waals surface area contributed by atoms with Crippen molar-refractivity contribution in [3.05, 3.63) is 41.9 Å². The molecule has 0 amide bonds. The van der Waals surface area contributed by atoms with Crippen molar-refractivity contribution in [1.29, 1.82) is 0 Å². The number of imidazole rings is 1. The molecule has 1 aromatic carbocycles. The summed E-state index contributed by atoms with van der Waals surface area (Å²) in [6.45, 7) is 4.38. The van der Waals surface area contributed by atoms with Gasteiger partial charge in [-0.15, -0.1) is 11.6 Å². The van der Waals surface area contributed by atoms with Gasteiger partial charge in [0.25, 0.3) is 10.0 Å². The van der Waals surface area contributed by atoms with Crippen LogP contribution in [0.1, 0.15) is 18.3 Å². The van der Waals surface area contributed by atoms with Gasteiger partial charge in [-0.25, -0.2) is 4.98 Å². The Morgan fingerprint density at radius 2 is 2.15 bits per heavy atom. The molecule has 0 fully saturated rings. The van der Waals surface area contributed by atoms with Crippen LogP contribution in [0, 0.1) is 6.92 Å². The van der Waals surface area contributed by atoms with Gasteiger partial charge in [-0.3, -0.25) is 4.72 Å². The highest BCUT2D eigenvalue weighted by atomic mass is 35.5. The highest BCUT2D eigenvalue weighted by Gasteiger charge is 2.19. The normalized spacial score (nSPS) is 11.6. The number of nitrogens with one attached hydrogen (secondary N) is 1. The van der Waals surface area contributed by atoms with Crippen molar-refractivity contribution < 1.29 is 8.42 Å². The summed E-state index contributed by atoms with van der Waals surface area (Å²) in [4.78, 5) is 4.08. The Morgan fingerprint density at radius 1 is 1.40 bits per heavy atom. The number of aromatic nitrogens is 2. The van der Waals surface area contributed by atoms with E-state index >= 15 is 0 Å². The van der Waals surface area contributed by atoms with Gasteiger partial charge in [0.2, 0.25) is 0 Å². The molecule has 5 nitrogen and oxygen atoms in total. The summed E-state index contributed by atoms with van der Waals surface area (Å²) in [6.07, 6.45) is 1.53. The van der Waals surface area contributed by atoms with E-state index in [0.29, 0.717) is 23.9 Å². The van der Waals surface area contributed by atoms with Crippen LogP contribution in [-0.4, -0.2) is 18.0 Å². The third kappa shape index (κ3) is 3.13. The fourth-order valence-electron chi connectivity index (χ4n) is 1.85. The first kappa shape index (κ1) is 14.9. The first-order valence-corrected chi connectivity index (χ1v) is 8.19. The second-order valence-corrected chi connectivity index (χ2v) is 6.25. The zero-order chi connectivity index (χ0) is 14.8. The Bertz CT molecular complexity index is 710. The van der Waals surface area contributed by atoms with Crippen molar-refractivity contribution in [1.82, 2.24) is 9.55 Å². The number of benzene rings is 1. The predicted octanol–water partition coefficient (Wildman–Crippen LogP) is 2.75. The Balaban J connectivity index is 2.30. The molecule has 2 aromatic rings. The highest BCUT2D eigenvalue weighted by Crippen LogP contribution is 2.17. The minimum atomic E-state index is -3.68. The monoisotopic (exact) mass is 313 g/mol. The van der Waals surface area contributed by atoms with Gasteiger partial charge in [0, 0.05) is 24.3 Å². The fraction of sp³-hybridized carbons (Fsp3) is 0.308. The Kier molecular flexibility index (Phi) is 4.35. The van der Waals surface area contributed by atoms with Crippen molar-refractivity contribution in [3.8, 4) is 0 Å². The lowest BCUT2D eigenvalue weighted by Crippen LogP contribution is -2.13. The van der Waals surface area contributed by atoms with Crippen LogP contribution in [0.5, 0.6) is 0 Å². The topological polar surface area (TPSA) is 64.0 Å². The zero-order valence-electron chi connectivity index (χ0n) is 11.3. The van der Waals surface area contributed by atoms with E-state index in [4.69, 9.17) is 11.6 Å². The van der Waals surface area contributed by atoms with Crippen LogP contribution < -0.4 is 4.72 Å². The first-order chi connectivity index (χ1) is 9.46. The maximum Gasteiger partial charge on any atom is 0.280 e. The molecule has 0 unspecified atom stereocenters. The number of aryl methyl sites for hydroxylation is 2. The minimum absolute atomic E-state index is 0.0214. The predicted molar refractivity (Wildman–Crippen MR) is 79.4 cm³/mol. The number of rotatable bonds is 5. The summed E-state index contributed by atoms with van der Waals surface area (Å²) in [6, 6.07) is 6.97. The summed E-state index contributed by atoms with van der Waals surface area (Å²) < 4.78 is 28.8. The standard InChI is InChI=1S/C13H16ClN3O2S/c1-3-17-9-13(15-10(17)2)20(18,19)16-12-6-4-5-11(7-12)8-14/h4-7,9,16H,3,8H2,1-2H3. The van der Waals surface area contributed by atoms with E-state index in [9.17, 15) is 8.42 Å². The van der Waals surface area contributed by atoms with Crippen molar-refractivity contribution in [2.45, 2.75) is 31.3 Å². The first-order valence-electron chi connectivity index (χ1n) is 6.17. The average Bonchev–Trinajstić information content (AvgIpc) is 2.80. The van der Waals surface area contributed by atoms with E-state index in [1.54, 1.807) is 29.7 Å². The maximum absolute atomic E-state index is 12.3. The summed E-state index contributed by atoms with van der Waals surface area (Å²) in [7, 11) is -3.68. The third-order valence-corrected chi connectivity index (χ3v) is 4.46. The third-order valence-electron chi connectivity index (χ3n) is 2.90. The molecule has 0 aliphatic heterocycles. The van der Waals surface area contributed by atoms with Gasteiger partial charge < -0.3 is 4.57 Å². The van der Waals surface area contributed by atoms with Gasteiger partial charge in [0.05, 0.1) is 0 Å². The molecule has 7 heteroatoms. The molecule has 2 rings (SSSR count). The molecule has 1 heterocycles. The molecule has 0 bridgehead atoms. The van der Waals surface area contributed by atoms with Crippen LogP contribution >= 0.6 is 11.6 Å². The van der Waals surface area contributed by atoms with Crippen LogP contribution in [0.4, 0.5) is 5.69 Å². The lowest BCUT2D eigenvalue weighted by molar-refractivity contribution is 0.598. The van der Waals surface area contributed by atoms with Crippen molar-refractivity contribution >= 4 is 27.3 Å². The molecule has 1 N–H and O–H groups in total. The second kappa shape index (κ2) is 5.85. The summed E-state index contributed by atoms with van der Waals surface area (Å²) in [5.74, 6) is 1.00. The van der Waals surface area contributed by atoms with Gasteiger partial charge in [0.1, 0.15) is 5.82 Å². The number of halogens is 1. The van der Waals surface area contributed by atoms with Crippen LogP contribution in [0.3, 0.4) is 0 Å². The van der Waals surface area contributed by atoms with Gasteiger partial charge in [-0.1, -0.05) is 12.1 Å². The largest absolute Gasteiger partial charge is 0.334 e. The summed E-state index contributed by atoms with van der Waals surface area (Å²) >= 11 is 5.74. The smallest absolute Gasteiger partial charge is 0.280 e. The highest BCUT2D eigenvalue weighted by molar-refractivity contribution is 7.92. The number of nitrogens with zero attached hydrogens (tertiary/aromatic N) is 2. The van der Waals surface area contributed by atoms with Crippen LogP contribution in [0.15, 0.2) is 35.5 Å². The summed E-state index contributed by atoms with van der Waals surface area (Å²) in [5.41, 5.74) is 1.33. The van der Waals surface area contributed by atoms with E-state index < -0.39 is 10.0 Å². The van der Waals surface area contributed by atoms with Crippen LogP contribution in [0.25, 0.3) is 0 Å². The average molecular weight is 314 g/mol. The van der Waals surface area contributed by atoms with Gasteiger partial charge in [-0.05, 0) is 31.5 Å². The van der Waals surface area contributed by atoms with Gasteiger partial charge in [0.15, 0.2) is 5.03 Å². The molecular weight excluding hydrogens is 298 g/mol. The van der Waals surface area contributed by atoms with Crippen molar-refractivity contribution in [2.75, 3.05) is 4.72 Å². The SMILES string of the molecule is CCn1cc(S(=O)(=O)Nc2cccc(CCl)c2)nc1C. The molecule has 0 saturated heterocycles. The van der Waals surface area contributed by atoms with Gasteiger partial charge >= 0.3 is 0 Å². The molecule has 0 spiro atoms. The number of alkyl halides is 1. The number of hydrogen-bond acceptors (Lipinski definition) is 3. The zero-order valence-corrected chi connectivity index (χ0v) is 12.9. The molecular formula is C13H16ClN3O2S. The lowest BCUT2D eigenvalue weighted by atomic mass is 10.2. The lowest BCUT2D eigenvalue weighted by Gasteiger charge is -2.06. The van der Waals surface area contributed by atoms with Crippen LogP contribution in [-0.2, 0) is 22.4 Å². The molecule has 1 aromatic heterocycles. The van der Waals surface area contributed by atoms with Crippen molar-refractivity contribution in [2.24, 2.45) is 0 Å². The molecule has 0 saturated carbocycles. The number of hydrogen-bond donors (Lipinski definition) is 1. The molecule has 0 atom stereocenters. The Labute approximate surface area is 123 Å². The molecule has 0 aliphatic carbocycles. The molecule has 0 aliphatic rings. The van der Waals surface area contributed by atoms with Crippen molar-refractivity contribution in [3.63, 3.8) is 0 Å². The number of sulfonamides is 1. The summed E-state index contributed by atoms with van der Waals surface area (Å²) in [5, 5.41) is 0.0214. The minimum Gasteiger partial charge on any atom is -0.334 e. The second-order valence-electron chi connectivity index (χ2n) is 4.35. The molecule has 0 radical (unpaired) electrons. The van der Waals surface area contributed by atoms with Crippen LogP contribution in [0.2, 0.25) is 0 Å². The van der Waals surface area contributed by atoms with E-state index in [1.165, 1.54) is 6.20 Å². The molecule has 108 valence electrons. The van der Waals surface area contributed by atoms with E-state index in [0.717, 1.165) is 5.56 Å². The molecule has 20 heavy (non-hydrogen) atoms. The number of anilines is 1. The Morgan fingerprint density at radius 3 is 2.75 bits per heavy atom. The quantitative estimate of drug-likeness (QED) is 0.863.